The highest BCUT2D eigenvalue weighted by Crippen LogP contribution is 2.56. The SMILES string of the molecule is CC[C@@H]1C(=O)C(C(N)=O)=C(O)[C@@]2(O)C(=O)C3=C(O)c4c(O)cccc4[C@H](C)C3[C@H](O)C12. The van der Waals surface area contributed by atoms with E-state index in [-0.39, 0.29) is 23.3 Å². The number of carbonyl (C=O) groups is 3. The van der Waals surface area contributed by atoms with Crippen molar-refractivity contribution in [3.8, 4) is 5.75 Å². The fourth-order valence-electron chi connectivity index (χ4n) is 5.61. The van der Waals surface area contributed by atoms with Gasteiger partial charge in [-0.15, -0.1) is 0 Å². The van der Waals surface area contributed by atoms with E-state index in [1.807, 2.05) is 0 Å². The van der Waals surface area contributed by atoms with E-state index in [1.165, 1.54) is 6.07 Å². The Morgan fingerprint density at radius 2 is 1.84 bits per heavy atom. The van der Waals surface area contributed by atoms with Crippen LogP contribution in [0.4, 0.5) is 0 Å². The molecule has 9 heteroatoms. The molecule has 9 nitrogen and oxygen atoms in total. The van der Waals surface area contributed by atoms with E-state index < -0.39 is 69.9 Å². The van der Waals surface area contributed by atoms with E-state index in [2.05, 4.69) is 0 Å². The van der Waals surface area contributed by atoms with Crippen molar-refractivity contribution in [1.82, 2.24) is 0 Å². The number of fused-ring (bicyclic) bond motifs is 3. The first-order valence-corrected chi connectivity index (χ1v) is 9.98. The first-order chi connectivity index (χ1) is 14.5. The summed E-state index contributed by atoms with van der Waals surface area (Å²) in [6.45, 7) is 3.27. The van der Waals surface area contributed by atoms with Crippen LogP contribution in [0.2, 0.25) is 0 Å². The molecule has 2 unspecified atom stereocenters. The molecule has 1 amide bonds. The molecule has 0 spiro atoms. The van der Waals surface area contributed by atoms with Gasteiger partial charge in [0.1, 0.15) is 22.8 Å². The van der Waals surface area contributed by atoms with Crippen LogP contribution in [0, 0.1) is 17.8 Å². The zero-order valence-corrected chi connectivity index (χ0v) is 16.9. The Morgan fingerprint density at radius 3 is 2.42 bits per heavy atom. The zero-order chi connectivity index (χ0) is 23.0. The van der Waals surface area contributed by atoms with Gasteiger partial charge in [0.15, 0.2) is 11.4 Å². The van der Waals surface area contributed by atoms with Crippen molar-refractivity contribution >= 4 is 23.2 Å². The average molecular weight is 429 g/mol. The van der Waals surface area contributed by atoms with E-state index in [9.17, 15) is 39.9 Å². The third-order valence-corrected chi connectivity index (χ3v) is 7.04. The van der Waals surface area contributed by atoms with Crippen molar-refractivity contribution < 1.29 is 39.9 Å². The van der Waals surface area contributed by atoms with Gasteiger partial charge in [0.2, 0.25) is 5.78 Å². The number of amides is 1. The number of ketones is 2. The molecule has 1 saturated carbocycles. The van der Waals surface area contributed by atoms with E-state index >= 15 is 0 Å². The van der Waals surface area contributed by atoms with Crippen molar-refractivity contribution in [2.45, 2.75) is 37.9 Å². The summed E-state index contributed by atoms with van der Waals surface area (Å²) in [7, 11) is 0. The second-order valence-electron chi connectivity index (χ2n) is 8.40. The lowest BCUT2D eigenvalue weighted by atomic mass is 9.52. The van der Waals surface area contributed by atoms with E-state index in [1.54, 1.807) is 26.0 Å². The summed E-state index contributed by atoms with van der Waals surface area (Å²) >= 11 is 0. The number of aliphatic hydroxyl groups is 4. The monoisotopic (exact) mass is 429 g/mol. The second kappa shape index (κ2) is 6.66. The van der Waals surface area contributed by atoms with E-state index in [4.69, 9.17) is 5.73 Å². The van der Waals surface area contributed by atoms with Crippen LogP contribution < -0.4 is 5.73 Å². The number of primary amides is 1. The normalized spacial score (nSPS) is 34.9. The van der Waals surface area contributed by atoms with Gasteiger partial charge in [-0.2, -0.15) is 0 Å². The summed E-state index contributed by atoms with van der Waals surface area (Å²) in [5, 5.41) is 54.6. The maximum absolute atomic E-state index is 13.6. The Balaban J connectivity index is 2.06. The van der Waals surface area contributed by atoms with Crippen LogP contribution in [-0.2, 0) is 14.4 Å². The Hall–Kier alpha value is -3.17. The summed E-state index contributed by atoms with van der Waals surface area (Å²) in [6.07, 6.45) is -1.47. The van der Waals surface area contributed by atoms with Gasteiger partial charge in [0, 0.05) is 23.3 Å². The largest absolute Gasteiger partial charge is 0.508 e. The molecule has 1 fully saturated rings. The number of benzene rings is 1. The van der Waals surface area contributed by atoms with Crippen molar-refractivity contribution in [2.24, 2.45) is 23.5 Å². The molecule has 0 radical (unpaired) electrons. The van der Waals surface area contributed by atoms with Gasteiger partial charge in [0.05, 0.1) is 11.7 Å². The number of rotatable bonds is 2. The molecule has 3 aliphatic rings. The molecule has 0 aromatic heterocycles. The fraction of sp³-hybridized carbons (Fsp3) is 0.409. The highest BCUT2D eigenvalue weighted by atomic mass is 16.4. The van der Waals surface area contributed by atoms with Gasteiger partial charge in [-0.05, 0) is 24.0 Å². The first kappa shape index (κ1) is 21.1. The lowest BCUT2D eigenvalue weighted by Crippen LogP contribution is -2.66. The molecule has 6 atom stereocenters. The summed E-state index contributed by atoms with van der Waals surface area (Å²) in [5.74, 6) is -9.68. The first-order valence-electron chi connectivity index (χ1n) is 9.98. The Kier molecular flexibility index (Phi) is 4.53. The molecule has 4 rings (SSSR count). The van der Waals surface area contributed by atoms with Gasteiger partial charge >= 0.3 is 0 Å². The molecule has 7 N–H and O–H groups in total. The number of nitrogens with two attached hydrogens (primary N) is 1. The molecule has 31 heavy (non-hydrogen) atoms. The predicted octanol–water partition coefficient (Wildman–Crippen LogP) is 0.592. The maximum Gasteiger partial charge on any atom is 0.255 e. The van der Waals surface area contributed by atoms with Gasteiger partial charge < -0.3 is 31.3 Å². The summed E-state index contributed by atoms with van der Waals surface area (Å²) in [6, 6.07) is 4.51. The van der Waals surface area contributed by atoms with Crippen molar-refractivity contribution in [3.63, 3.8) is 0 Å². The molecule has 0 aliphatic heterocycles. The molecule has 0 saturated heterocycles. The van der Waals surface area contributed by atoms with Crippen molar-refractivity contribution in [2.75, 3.05) is 0 Å². The van der Waals surface area contributed by atoms with Crippen molar-refractivity contribution in [1.29, 1.82) is 0 Å². The van der Waals surface area contributed by atoms with Crippen LogP contribution in [-0.4, -0.2) is 54.7 Å². The highest BCUT2D eigenvalue weighted by molar-refractivity contribution is 6.23. The molecule has 3 aliphatic carbocycles. The average Bonchev–Trinajstić information content (AvgIpc) is 2.70. The Morgan fingerprint density at radius 1 is 1.19 bits per heavy atom. The number of phenolic OH excluding ortho intramolecular Hbond substituents is 1. The Labute approximate surface area is 177 Å². The lowest BCUT2D eigenvalue weighted by Gasteiger charge is -2.52. The van der Waals surface area contributed by atoms with Crippen LogP contribution in [0.1, 0.15) is 37.3 Å². The zero-order valence-electron chi connectivity index (χ0n) is 16.9. The number of carbonyl (C=O) groups excluding carboxylic acids is 3. The van der Waals surface area contributed by atoms with Gasteiger partial charge in [-0.1, -0.05) is 26.0 Å². The minimum atomic E-state index is -2.83. The van der Waals surface area contributed by atoms with Gasteiger partial charge in [0.25, 0.3) is 5.91 Å². The highest BCUT2D eigenvalue weighted by Gasteiger charge is 2.67. The van der Waals surface area contributed by atoms with Crippen molar-refractivity contribution in [3.05, 3.63) is 46.2 Å². The maximum atomic E-state index is 13.6. The molecule has 1 aromatic carbocycles. The molecular weight excluding hydrogens is 406 g/mol. The van der Waals surface area contributed by atoms with Crippen LogP contribution >= 0.6 is 0 Å². The minimum Gasteiger partial charge on any atom is -0.508 e. The van der Waals surface area contributed by atoms with Crippen LogP contribution in [0.5, 0.6) is 5.75 Å². The third kappa shape index (κ3) is 2.41. The fourth-order valence-corrected chi connectivity index (χ4v) is 5.61. The topological polar surface area (TPSA) is 178 Å². The van der Waals surface area contributed by atoms with Crippen LogP contribution in [0.15, 0.2) is 35.1 Å². The number of Topliss-reactive ketones (excluding diaryl/α,β-unsaturated/α-hetero) is 2. The standard InChI is InChI=1S/C22H23NO8/c1-3-8-15-18(27)11-7(2)9-5-4-6-10(24)12(9)17(26)13(11)19(28)22(15,31)20(29)14(16(8)25)21(23)30/h4-8,11,15,18,24,26-27,29,31H,3H2,1-2H3,(H2,23,30)/t7-,8-,11?,15?,18-,22-/m0/s1. The minimum absolute atomic E-state index is 0.0126. The number of phenols is 1. The molecule has 1 aromatic rings. The molecule has 0 bridgehead atoms. The molecule has 164 valence electrons. The quantitative estimate of drug-likeness (QED) is 0.370. The number of aliphatic hydroxyl groups excluding tert-OH is 3. The van der Waals surface area contributed by atoms with Crippen LogP contribution in [0.25, 0.3) is 5.76 Å². The second-order valence-corrected chi connectivity index (χ2v) is 8.40. The third-order valence-electron chi connectivity index (χ3n) is 7.04. The lowest BCUT2D eigenvalue weighted by molar-refractivity contribution is -0.169. The summed E-state index contributed by atoms with van der Waals surface area (Å²) in [4.78, 5) is 38.3. The predicted molar refractivity (Wildman–Crippen MR) is 107 cm³/mol. The van der Waals surface area contributed by atoms with Gasteiger partial charge in [-0.3, -0.25) is 14.4 Å². The number of aromatic hydroxyl groups is 1. The van der Waals surface area contributed by atoms with E-state index in [0.29, 0.717) is 5.56 Å². The number of hydrogen-bond donors (Lipinski definition) is 6. The summed E-state index contributed by atoms with van der Waals surface area (Å²) in [5.41, 5.74) is 1.60. The molecular formula is C22H23NO8. The molecule has 0 heterocycles. The smallest absolute Gasteiger partial charge is 0.255 e. The number of hydrogen-bond acceptors (Lipinski definition) is 8. The van der Waals surface area contributed by atoms with E-state index in [0.717, 1.165) is 0 Å². The van der Waals surface area contributed by atoms with Crippen LogP contribution in [0.3, 0.4) is 0 Å². The Bertz CT molecular complexity index is 1100. The van der Waals surface area contributed by atoms with Gasteiger partial charge in [-0.25, -0.2) is 0 Å². The summed E-state index contributed by atoms with van der Waals surface area (Å²) < 4.78 is 0.